The second-order valence-corrected chi connectivity index (χ2v) is 8.68. The highest BCUT2D eigenvalue weighted by atomic mass is 32.1. The molecule has 1 amide bonds. The Bertz CT molecular complexity index is 1220. The Morgan fingerprint density at radius 3 is 2.48 bits per heavy atom. The smallest absolute Gasteiger partial charge is 0.255 e. The molecule has 0 aromatic carbocycles. The van der Waals surface area contributed by atoms with E-state index >= 15 is 0 Å². The molecule has 162 valence electrons. The third kappa shape index (κ3) is 4.34. The number of pyridine rings is 2. The van der Waals surface area contributed by atoms with Crippen molar-refractivity contribution in [2.45, 2.75) is 25.9 Å². The first-order chi connectivity index (χ1) is 14.8. The maximum Gasteiger partial charge on any atom is 0.255 e. The molecular formula is C23H25N3O4S. The van der Waals surface area contributed by atoms with Crippen molar-refractivity contribution in [1.82, 2.24) is 14.0 Å². The number of thiophene rings is 1. The van der Waals surface area contributed by atoms with Gasteiger partial charge in [-0.2, -0.15) is 11.3 Å². The number of aryl methyl sites for hydroxylation is 2. The zero-order valence-electron chi connectivity index (χ0n) is 17.8. The molecule has 1 aliphatic heterocycles. The fourth-order valence-electron chi connectivity index (χ4n) is 3.80. The summed E-state index contributed by atoms with van der Waals surface area (Å²) in [5.41, 5.74) is 2.67. The van der Waals surface area contributed by atoms with Crippen LogP contribution in [-0.2, 0) is 14.1 Å². The van der Waals surface area contributed by atoms with E-state index < -0.39 is 0 Å². The predicted octanol–water partition coefficient (Wildman–Crippen LogP) is 2.80. The molecule has 3 aromatic rings. The second kappa shape index (κ2) is 8.55. The molecule has 0 unspecified atom stereocenters. The molecule has 7 nitrogen and oxygen atoms in total. The SMILES string of the molecule is Cc1cc(OC2CCN(C(=O)c3cn(C)c(=O)cc3-c3ccsc3)CC2)cc(=O)n1C. The van der Waals surface area contributed by atoms with Gasteiger partial charge in [-0.3, -0.25) is 14.4 Å². The van der Waals surface area contributed by atoms with Gasteiger partial charge >= 0.3 is 0 Å². The minimum Gasteiger partial charge on any atom is -0.490 e. The summed E-state index contributed by atoms with van der Waals surface area (Å²) in [6.07, 6.45) is 2.94. The molecule has 0 atom stereocenters. The standard InChI is InChI=1S/C23H25N3O4S/c1-15-10-18(11-22(28)25(15)3)30-17-4-7-26(8-5-17)23(29)20-13-24(2)21(27)12-19(20)16-6-9-31-14-16/h6,9-14,17H,4-5,7-8H2,1-3H3. The van der Waals surface area contributed by atoms with E-state index in [1.165, 1.54) is 28.0 Å². The van der Waals surface area contributed by atoms with E-state index in [1.807, 2.05) is 34.7 Å². The highest BCUT2D eigenvalue weighted by molar-refractivity contribution is 7.08. The van der Waals surface area contributed by atoms with Crippen molar-refractivity contribution in [1.29, 1.82) is 0 Å². The van der Waals surface area contributed by atoms with Gasteiger partial charge < -0.3 is 18.8 Å². The Hall–Kier alpha value is -3.13. The van der Waals surface area contributed by atoms with E-state index in [9.17, 15) is 14.4 Å². The average molecular weight is 440 g/mol. The monoisotopic (exact) mass is 439 g/mol. The molecule has 31 heavy (non-hydrogen) atoms. The average Bonchev–Trinajstić information content (AvgIpc) is 3.28. The molecular weight excluding hydrogens is 414 g/mol. The van der Waals surface area contributed by atoms with E-state index in [1.54, 1.807) is 24.9 Å². The van der Waals surface area contributed by atoms with E-state index in [4.69, 9.17) is 4.74 Å². The third-order valence-electron chi connectivity index (χ3n) is 5.80. The molecule has 1 saturated heterocycles. The van der Waals surface area contributed by atoms with Gasteiger partial charge in [0.2, 0.25) is 0 Å². The number of rotatable bonds is 4. The highest BCUT2D eigenvalue weighted by Crippen LogP contribution is 2.27. The molecule has 0 spiro atoms. The summed E-state index contributed by atoms with van der Waals surface area (Å²) in [6.45, 7) is 2.98. The first-order valence-electron chi connectivity index (χ1n) is 10.2. The van der Waals surface area contributed by atoms with Crippen molar-refractivity contribution >= 4 is 17.2 Å². The molecule has 1 aliphatic rings. The maximum absolute atomic E-state index is 13.3. The second-order valence-electron chi connectivity index (χ2n) is 7.90. The number of hydrogen-bond acceptors (Lipinski definition) is 5. The van der Waals surface area contributed by atoms with Crippen molar-refractivity contribution in [3.8, 4) is 16.9 Å². The summed E-state index contributed by atoms with van der Waals surface area (Å²) >= 11 is 1.53. The maximum atomic E-state index is 13.3. The van der Waals surface area contributed by atoms with Gasteiger partial charge in [0.05, 0.1) is 5.56 Å². The Morgan fingerprint density at radius 2 is 1.84 bits per heavy atom. The number of likely N-dealkylation sites (tertiary alicyclic amines) is 1. The number of carbonyl (C=O) groups excluding carboxylic acids is 1. The van der Waals surface area contributed by atoms with Crippen LogP contribution in [-0.4, -0.2) is 39.1 Å². The fourth-order valence-corrected chi connectivity index (χ4v) is 4.46. The highest BCUT2D eigenvalue weighted by Gasteiger charge is 2.27. The fraction of sp³-hybridized carbons (Fsp3) is 0.348. The number of ether oxygens (including phenoxy) is 1. The van der Waals surface area contributed by atoms with Gasteiger partial charge in [-0.1, -0.05) is 0 Å². The molecule has 0 radical (unpaired) electrons. The number of carbonyl (C=O) groups is 1. The number of hydrogen-bond donors (Lipinski definition) is 0. The molecule has 0 N–H and O–H groups in total. The van der Waals surface area contributed by atoms with Crippen LogP contribution in [0.15, 0.2) is 50.8 Å². The largest absolute Gasteiger partial charge is 0.490 e. The molecule has 8 heteroatoms. The van der Waals surface area contributed by atoms with Gasteiger partial charge in [-0.15, -0.1) is 0 Å². The summed E-state index contributed by atoms with van der Waals surface area (Å²) in [6, 6.07) is 6.81. The van der Waals surface area contributed by atoms with Crippen LogP contribution in [0.1, 0.15) is 28.9 Å². The zero-order valence-corrected chi connectivity index (χ0v) is 18.6. The number of aromatic nitrogens is 2. The first-order valence-corrected chi connectivity index (χ1v) is 11.1. The summed E-state index contributed by atoms with van der Waals surface area (Å²) in [5.74, 6) is 0.489. The third-order valence-corrected chi connectivity index (χ3v) is 6.48. The first kappa shape index (κ1) is 21.1. The van der Waals surface area contributed by atoms with Gasteiger partial charge in [0, 0.05) is 69.6 Å². The summed E-state index contributed by atoms with van der Waals surface area (Å²) in [4.78, 5) is 39.3. The van der Waals surface area contributed by atoms with Crippen molar-refractivity contribution in [3.63, 3.8) is 0 Å². The van der Waals surface area contributed by atoms with Crippen LogP contribution >= 0.6 is 11.3 Å². The summed E-state index contributed by atoms with van der Waals surface area (Å²) < 4.78 is 9.05. The Balaban J connectivity index is 1.48. The van der Waals surface area contributed by atoms with Gasteiger partial charge in [0.1, 0.15) is 11.9 Å². The minimum atomic E-state index is -0.144. The predicted molar refractivity (Wildman–Crippen MR) is 121 cm³/mol. The van der Waals surface area contributed by atoms with Crippen molar-refractivity contribution in [2.24, 2.45) is 14.1 Å². The van der Waals surface area contributed by atoms with Crippen LogP contribution in [0.5, 0.6) is 5.75 Å². The molecule has 1 fully saturated rings. The van der Waals surface area contributed by atoms with Gasteiger partial charge in [0.15, 0.2) is 0 Å². The van der Waals surface area contributed by atoms with Gasteiger partial charge in [0.25, 0.3) is 17.0 Å². The molecule has 4 heterocycles. The molecule has 0 aliphatic carbocycles. The zero-order chi connectivity index (χ0) is 22.1. The van der Waals surface area contributed by atoms with Crippen LogP contribution in [0.4, 0.5) is 0 Å². The quantitative estimate of drug-likeness (QED) is 0.627. The molecule has 0 saturated carbocycles. The Kier molecular flexibility index (Phi) is 5.82. The topological polar surface area (TPSA) is 73.5 Å². The van der Waals surface area contributed by atoms with Crippen LogP contribution in [0.3, 0.4) is 0 Å². The minimum absolute atomic E-state index is 0.0490. The summed E-state index contributed by atoms with van der Waals surface area (Å²) in [5, 5.41) is 3.88. The van der Waals surface area contributed by atoms with Crippen LogP contribution in [0, 0.1) is 6.92 Å². The van der Waals surface area contributed by atoms with Crippen molar-refractivity contribution in [2.75, 3.05) is 13.1 Å². The van der Waals surface area contributed by atoms with E-state index in [-0.39, 0.29) is 23.1 Å². The lowest BCUT2D eigenvalue weighted by Crippen LogP contribution is -2.42. The molecule has 4 rings (SSSR count). The normalized spacial score (nSPS) is 14.6. The van der Waals surface area contributed by atoms with E-state index in [0.717, 1.165) is 11.3 Å². The lowest BCUT2D eigenvalue weighted by atomic mass is 10.0. The number of piperidine rings is 1. The Labute approximate surface area is 184 Å². The van der Waals surface area contributed by atoms with Gasteiger partial charge in [-0.05, 0) is 35.4 Å². The van der Waals surface area contributed by atoms with Crippen molar-refractivity contribution in [3.05, 3.63) is 73.2 Å². The van der Waals surface area contributed by atoms with Crippen LogP contribution in [0.25, 0.3) is 11.1 Å². The lowest BCUT2D eigenvalue weighted by Gasteiger charge is -2.32. The number of nitrogens with zero attached hydrogens (tertiary/aromatic N) is 3. The van der Waals surface area contributed by atoms with Crippen LogP contribution < -0.4 is 15.9 Å². The van der Waals surface area contributed by atoms with E-state index in [0.29, 0.717) is 42.8 Å². The summed E-state index contributed by atoms with van der Waals surface area (Å²) in [7, 11) is 3.39. The van der Waals surface area contributed by atoms with Crippen molar-refractivity contribution < 1.29 is 9.53 Å². The lowest BCUT2D eigenvalue weighted by molar-refractivity contribution is 0.0595. The molecule has 0 bridgehead atoms. The van der Waals surface area contributed by atoms with Gasteiger partial charge in [-0.25, -0.2) is 0 Å². The van der Waals surface area contributed by atoms with Crippen LogP contribution in [0.2, 0.25) is 0 Å². The number of amides is 1. The Morgan fingerprint density at radius 1 is 1.10 bits per heavy atom. The molecule has 3 aromatic heterocycles. The van der Waals surface area contributed by atoms with E-state index in [2.05, 4.69) is 0 Å².